The lowest BCUT2D eigenvalue weighted by atomic mass is 9.87. The van der Waals surface area contributed by atoms with Gasteiger partial charge in [-0.25, -0.2) is 0 Å². The fourth-order valence-electron chi connectivity index (χ4n) is 4.12. The Hall–Kier alpha value is -0.650. The number of hydrogen-bond donors (Lipinski definition) is 2. The number of unbranched alkanes of at least 4 members (excludes halogenated alkanes) is 4. The second-order valence-corrected chi connectivity index (χ2v) is 7.35. The van der Waals surface area contributed by atoms with E-state index in [4.69, 9.17) is 9.47 Å². The fourth-order valence-corrected chi connectivity index (χ4v) is 4.12. The molecule has 0 aromatic rings. The van der Waals surface area contributed by atoms with Gasteiger partial charge < -0.3 is 19.7 Å². The first-order valence-corrected chi connectivity index (χ1v) is 9.81. The highest BCUT2D eigenvalue weighted by Crippen LogP contribution is 2.38. The molecule has 1 aliphatic heterocycles. The number of hydrogen-bond acceptors (Lipinski definition) is 4. The Morgan fingerprint density at radius 3 is 2.62 bits per heavy atom. The maximum Gasteiger partial charge on any atom is 0.309 e. The third kappa shape index (κ3) is 5.71. The van der Waals surface area contributed by atoms with E-state index in [9.17, 15) is 15.0 Å². The average molecular weight is 342 g/mol. The molecular weight excluding hydrogens is 308 g/mol. The minimum Gasteiger partial charge on any atom is -0.481 e. The SMILES string of the molecule is CCCCCCCC(OC1CCCCO1)C1CCC(O)C1C(=O)O. The average Bonchev–Trinajstić information content (AvgIpc) is 2.96. The zero-order chi connectivity index (χ0) is 17.4. The Kier molecular flexibility index (Phi) is 8.50. The van der Waals surface area contributed by atoms with Crippen molar-refractivity contribution in [3.63, 3.8) is 0 Å². The highest BCUT2D eigenvalue weighted by molar-refractivity contribution is 5.71. The highest BCUT2D eigenvalue weighted by atomic mass is 16.7. The second kappa shape index (κ2) is 10.4. The van der Waals surface area contributed by atoms with Crippen molar-refractivity contribution < 1.29 is 24.5 Å². The summed E-state index contributed by atoms with van der Waals surface area (Å²) in [6, 6.07) is 0. The number of aliphatic hydroxyl groups excluding tert-OH is 1. The first-order valence-electron chi connectivity index (χ1n) is 9.81. The summed E-state index contributed by atoms with van der Waals surface area (Å²) in [7, 11) is 0. The lowest BCUT2D eigenvalue weighted by Crippen LogP contribution is -2.38. The summed E-state index contributed by atoms with van der Waals surface area (Å²) in [5, 5.41) is 19.6. The zero-order valence-electron chi connectivity index (χ0n) is 15.0. The molecule has 140 valence electrons. The van der Waals surface area contributed by atoms with Crippen molar-refractivity contribution in [2.45, 2.75) is 96.1 Å². The van der Waals surface area contributed by atoms with Crippen LogP contribution in [-0.2, 0) is 14.3 Å². The molecule has 2 rings (SSSR count). The standard InChI is InChI=1S/C19H34O5/c1-2-3-4-5-6-9-16(24-17-10-7-8-13-23-17)14-11-12-15(20)18(14)19(21)22/h14-18,20H,2-13H2,1H3,(H,21,22). The molecule has 2 N–H and O–H groups in total. The minimum absolute atomic E-state index is 0.103. The molecule has 1 saturated heterocycles. The van der Waals surface area contributed by atoms with Gasteiger partial charge >= 0.3 is 5.97 Å². The van der Waals surface area contributed by atoms with E-state index in [-0.39, 0.29) is 18.3 Å². The van der Waals surface area contributed by atoms with Crippen LogP contribution in [0.3, 0.4) is 0 Å². The Labute approximate surface area is 145 Å². The molecule has 2 aliphatic rings. The fraction of sp³-hybridized carbons (Fsp3) is 0.947. The monoisotopic (exact) mass is 342 g/mol. The van der Waals surface area contributed by atoms with Crippen molar-refractivity contribution in [1.82, 2.24) is 0 Å². The van der Waals surface area contributed by atoms with Gasteiger partial charge in [0.1, 0.15) is 0 Å². The number of ether oxygens (including phenoxy) is 2. The first-order chi connectivity index (χ1) is 11.6. The van der Waals surface area contributed by atoms with E-state index in [0.29, 0.717) is 6.42 Å². The van der Waals surface area contributed by atoms with Gasteiger partial charge in [0.15, 0.2) is 6.29 Å². The van der Waals surface area contributed by atoms with Crippen molar-refractivity contribution in [3.8, 4) is 0 Å². The lowest BCUT2D eigenvalue weighted by Gasteiger charge is -2.33. The second-order valence-electron chi connectivity index (χ2n) is 7.35. The summed E-state index contributed by atoms with van der Waals surface area (Å²) in [4.78, 5) is 11.6. The van der Waals surface area contributed by atoms with Gasteiger partial charge in [-0.05, 0) is 38.5 Å². The van der Waals surface area contributed by atoms with Crippen LogP contribution in [0.2, 0.25) is 0 Å². The maximum absolute atomic E-state index is 11.6. The summed E-state index contributed by atoms with van der Waals surface area (Å²) in [5.74, 6) is -1.70. The van der Waals surface area contributed by atoms with Crippen LogP contribution in [0.1, 0.15) is 77.6 Å². The molecular formula is C19H34O5. The van der Waals surface area contributed by atoms with Crippen molar-refractivity contribution in [2.24, 2.45) is 11.8 Å². The zero-order valence-corrected chi connectivity index (χ0v) is 15.0. The third-order valence-corrected chi connectivity index (χ3v) is 5.49. The Bertz CT molecular complexity index is 367. The van der Waals surface area contributed by atoms with Gasteiger partial charge in [0.25, 0.3) is 0 Å². The number of rotatable bonds is 10. The van der Waals surface area contributed by atoms with Gasteiger partial charge in [-0.1, -0.05) is 39.0 Å². The summed E-state index contributed by atoms with van der Waals surface area (Å²) in [6.45, 7) is 2.92. The minimum atomic E-state index is -0.894. The van der Waals surface area contributed by atoms with Crippen LogP contribution in [0.5, 0.6) is 0 Å². The smallest absolute Gasteiger partial charge is 0.309 e. The van der Waals surface area contributed by atoms with E-state index in [1.165, 1.54) is 19.3 Å². The van der Waals surface area contributed by atoms with Gasteiger partial charge in [-0.15, -0.1) is 0 Å². The number of carboxylic acids is 1. The van der Waals surface area contributed by atoms with Crippen LogP contribution in [0.15, 0.2) is 0 Å². The van der Waals surface area contributed by atoms with E-state index >= 15 is 0 Å². The van der Waals surface area contributed by atoms with E-state index in [2.05, 4.69) is 6.92 Å². The van der Waals surface area contributed by atoms with Gasteiger partial charge in [-0.3, -0.25) is 4.79 Å². The molecule has 1 heterocycles. The van der Waals surface area contributed by atoms with Gasteiger partial charge in [0, 0.05) is 12.5 Å². The van der Waals surface area contributed by atoms with E-state index < -0.39 is 18.0 Å². The Morgan fingerprint density at radius 1 is 1.17 bits per heavy atom. The van der Waals surface area contributed by atoms with Crippen LogP contribution >= 0.6 is 0 Å². The summed E-state index contributed by atoms with van der Waals surface area (Å²) in [6.07, 6.45) is 10.0. The molecule has 5 unspecified atom stereocenters. The normalized spacial score (nSPS) is 31.9. The molecule has 2 fully saturated rings. The number of aliphatic hydroxyl groups is 1. The molecule has 5 heteroatoms. The molecule has 0 bridgehead atoms. The molecule has 0 aromatic heterocycles. The van der Waals surface area contributed by atoms with Gasteiger partial charge in [-0.2, -0.15) is 0 Å². The van der Waals surface area contributed by atoms with Crippen LogP contribution in [0.4, 0.5) is 0 Å². The summed E-state index contributed by atoms with van der Waals surface area (Å²) in [5.41, 5.74) is 0. The van der Waals surface area contributed by atoms with E-state index in [1.807, 2.05) is 0 Å². The summed E-state index contributed by atoms with van der Waals surface area (Å²) >= 11 is 0. The molecule has 0 spiro atoms. The Morgan fingerprint density at radius 2 is 1.96 bits per heavy atom. The predicted octanol–water partition coefficient (Wildman–Crippen LogP) is 3.73. The first kappa shape index (κ1) is 19.7. The predicted molar refractivity (Wildman–Crippen MR) is 91.7 cm³/mol. The molecule has 0 radical (unpaired) electrons. The molecule has 0 aromatic carbocycles. The molecule has 1 saturated carbocycles. The van der Waals surface area contributed by atoms with Crippen LogP contribution in [0, 0.1) is 11.8 Å². The van der Waals surface area contributed by atoms with E-state index in [0.717, 1.165) is 51.6 Å². The quantitative estimate of drug-likeness (QED) is 0.592. The number of carboxylic acid groups (broad SMARTS) is 1. The third-order valence-electron chi connectivity index (χ3n) is 5.49. The van der Waals surface area contributed by atoms with Crippen LogP contribution in [0.25, 0.3) is 0 Å². The highest BCUT2D eigenvalue weighted by Gasteiger charge is 2.45. The molecule has 0 amide bonds. The van der Waals surface area contributed by atoms with Crippen molar-refractivity contribution in [3.05, 3.63) is 0 Å². The van der Waals surface area contributed by atoms with Crippen LogP contribution < -0.4 is 0 Å². The molecule has 1 aliphatic carbocycles. The van der Waals surface area contributed by atoms with Crippen LogP contribution in [-0.4, -0.2) is 41.3 Å². The van der Waals surface area contributed by atoms with Crippen molar-refractivity contribution in [2.75, 3.05) is 6.61 Å². The summed E-state index contributed by atoms with van der Waals surface area (Å²) < 4.78 is 11.9. The van der Waals surface area contributed by atoms with Crippen molar-refractivity contribution >= 4 is 5.97 Å². The molecule has 5 atom stereocenters. The van der Waals surface area contributed by atoms with Gasteiger partial charge in [0.05, 0.1) is 18.1 Å². The Balaban J connectivity index is 1.93. The van der Waals surface area contributed by atoms with Gasteiger partial charge in [0.2, 0.25) is 0 Å². The van der Waals surface area contributed by atoms with Crippen molar-refractivity contribution in [1.29, 1.82) is 0 Å². The van der Waals surface area contributed by atoms with E-state index in [1.54, 1.807) is 0 Å². The molecule has 5 nitrogen and oxygen atoms in total. The maximum atomic E-state index is 11.6. The number of carbonyl (C=O) groups is 1. The topological polar surface area (TPSA) is 76.0 Å². The lowest BCUT2D eigenvalue weighted by molar-refractivity contribution is -0.205. The largest absolute Gasteiger partial charge is 0.481 e. The number of aliphatic carboxylic acids is 1. The molecule has 24 heavy (non-hydrogen) atoms.